The van der Waals surface area contributed by atoms with E-state index in [1.54, 1.807) is 14.2 Å². The van der Waals surface area contributed by atoms with Gasteiger partial charge in [0.1, 0.15) is 0 Å². The lowest BCUT2D eigenvalue weighted by Crippen LogP contribution is -2.57. The molecule has 0 bridgehead atoms. The molecule has 0 saturated carbocycles. The van der Waals surface area contributed by atoms with Crippen molar-refractivity contribution in [3.05, 3.63) is 18.2 Å². The van der Waals surface area contributed by atoms with E-state index in [-0.39, 0.29) is 5.54 Å². The molecule has 0 spiro atoms. The maximum Gasteiger partial charge on any atom is 0.162 e. The van der Waals surface area contributed by atoms with Crippen LogP contribution in [0.2, 0.25) is 0 Å². The van der Waals surface area contributed by atoms with Crippen molar-refractivity contribution in [1.82, 2.24) is 5.32 Å². The summed E-state index contributed by atoms with van der Waals surface area (Å²) in [5, 5.41) is 3.51. The summed E-state index contributed by atoms with van der Waals surface area (Å²) in [5.74, 6) is 1.56. The molecule has 100 valence electrons. The van der Waals surface area contributed by atoms with Gasteiger partial charge in [-0.05, 0) is 26.0 Å². The van der Waals surface area contributed by atoms with E-state index in [4.69, 9.17) is 9.47 Å². The van der Waals surface area contributed by atoms with Gasteiger partial charge in [-0.25, -0.2) is 0 Å². The average Bonchev–Trinajstić information content (AvgIpc) is 2.36. The molecule has 0 amide bonds. The molecule has 1 N–H and O–H groups in total. The smallest absolute Gasteiger partial charge is 0.162 e. The third-order valence-electron chi connectivity index (χ3n) is 3.30. The number of benzene rings is 1. The summed E-state index contributed by atoms with van der Waals surface area (Å²) in [4.78, 5) is 2.37. The zero-order valence-corrected chi connectivity index (χ0v) is 11.6. The van der Waals surface area contributed by atoms with Crippen LogP contribution in [0.4, 0.5) is 5.69 Å². The Morgan fingerprint density at radius 1 is 1.17 bits per heavy atom. The van der Waals surface area contributed by atoms with Crippen molar-refractivity contribution in [3.63, 3.8) is 0 Å². The van der Waals surface area contributed by atoms with Gasteiger partial charge in [-0.1, -0.05) is 0 Å². The Hall–Kier alpha value is -1.42. The van der Waals surface area contributed by atoms with Crippen LogP contribution in [0, 0.1) is 0 Å². The fraction of sp³-hybridized carbons (Fsp3) is 0.571. The number of hydrogen-bond acceptors (Lipinski definition) is 4. The molecule has 0 unspecified atom stereocenters. The lowest BCUT2D eigenvalue weighted by molar-refractivity contribution is 0.348. The zero-order valence-electron chi connectivity index (χ0n) is 11.6. The highest BCUT2D eigenvalue weighted by Crippen LogP contribution is 2.32. The lowest BCUT2D eigenvalue weighted by Gasteiger charge is -2.40. The number of hydrogen-bond donors (Lipinski definition) is 1. The fourth-order valence-corrected chi connectivity index (χ4v) is 2.38. The van der Waals surface area contributed by atoms with Crippen LogP contribution in [0.25, 0.3) is 0 Å². The second kappa shape index (κ2) is 5.06. The summed E-state index contributed by atoms with van der Waals surface area (Å²) in [6.45, 7) is 7.45. The van der Waals surface area contributed by atoms with E-state index < -0.39 is 0 Å². The van der Waals surface area contributed by atoms with E-state index in [1.165, 1.54) is 5.69 Å². The SMILES string of the molecule is COc1ccc(N2CCNC(C)(C)C2)cc1OC. The first kappa shape index (κ1) is 13.0. The summed E-state index contributed by atoms with van der Waals surface area (Å²) < 4.78 is 10.6. The second-order valence-electron chi connectivity index (χ2n) is 5.27. The molecule has 1 fully saturated rings. The summed E-state index contributed by atoms with van der Waals surface area (Å²) >= 11 is 0. The number of ether oxygens (including phenoxy) is 2. The molecule has 1 saturated heterocycles. The predicted octanol–water partition coefficient (Wildman–Crippen LogP) is 1.89. The summed E-state index contributed by atoms with van der Waals surface area (Å²) in [6, 6.07) is 6.09. The van der Waals surface area contributed by atoms with Gasteiger partial charge in [0.2, 0.25) is 0 Å². The number of piperazine rings is 1. The van der Waals surface area contributed by atoms with Crippen molar-refractivity contribution in [2.45, 2.75) is 19.4 Å². The molecule has 2 rings (SSSR count). The van der Waals surface area contributed by atoms with Gasteiger partial charge in [-0.2, -0.15) is 0 Å². The van der Waals surface area contributed by atoms with Crippen molar-refractivity contribution < 1.29 is 9.47 Å². The van der Waals surface area contributed by atoms with Crippen LogP contribution in [0.5, 0.6) is 11.5 Å². The van der Waals surface area contributed by atoms with Crippen molar-refractivity contribution in [2.24, 2.45) is 0 Å². The zero-order chi connectivity index (χ0) is 13.2. The summed E-state index contributed by atoms with van der Waals surface area (Å²) in [5.41, 5.74) is 1.33. The topological polar surface area (TPSA) is 33.7 Å². The van der Waals surface area contributed by atoms with Gasteiger partial charge in [0, 0.05) is 36.9 Å². The molecule has 1 aliphatic heterocycles. The van der Waals surface area contributed by atoms with Crippen LogP contribution in [0.15, 0.2) is 18.2 Å². The Bertz CT molecular complexity index is 418. The van der Waals surface area contributed by atoms with Crippen molar-refractivity contribution in [3.8, 4) is 11.5 Å². The molecule has 1 aliphatic rings. The Morgan fingerprint density at radius 3 is 2.50 bits per heavy atom. The molecular formula is C14H22N2O2. The minimum atomic E-state index is 0.144. The monoisotopic (exact) mass is 250 g/mol. The minimum absolute atomic E-state index is 0.144. The van der Waals surface area contributed by atoms with Gasteiger partial charge in [0.25, 0.3) is 0 Å². The van der Waals surface area contributed by atoms with Gasteiger partial charge in [-0.15, -0.1) is 0 Å². The standard InChI is InChI=1S/C14H22N2O2/c1-14(2)10-16(8-7-15-14)11-5-6-12(17-3)13(9-11)18-4/h5-6,9,15H,7-8,10H2,1-4H3. The first-order valence-electron chi connectivity index (χ1n) is 6.28. The largest absolute Gasteiger partial charge is 0.493 e. The summed E-state index contributed by atoms with van der Waals surface area (Å²) in [7, 11) is 3.33. The van der Waals surface area contributed by atoms with Crippen LogP contribution in [0.3, 0.4) is 0 Å². The van der Waals surface area contributed by atoms with Gasteiger partial charge >= 0.3 is 0 Å². The molecule has 0 aliphatic carbocycles. The van der Waals surface area contributed by atoms with Crippen LogP contribution >= 0.6 is 0 Å². The van der Waals surface area contributed by atoms with Gasteiger partial charge in [0.05, 0.1) is 14.2 Å². The number of rotatable bonds is 3. The first-order chi connectivity index (χ1) is 8.55. The molecule has 1 heterocycles. The lowest BCUT2D eigenvalue weighted by atomic mass is 10.0. The minimum Gasteiger partial charge on any atom is -0.493 e. The predicted molar refractivity (Wildman–Crippen MR) is 73.8 cm³/mol. The van der Waals surface area contributed by atoms with Crippen LogP contribution < -0.4 is 19.7 Å². The van der Waals surface area contributed by atoms with Crippen molar-refractivity contribution in [1.29, 1.82) is 0 Å². The molecule has 0 radical (unpaired) electrons. The van der Waals surface area contributed by atoms with E-state index >= 15 is 0 Å². The van der Waals surface area contributed by atoms with E-state index in [2.05, 4.69) is 30.1 Å². The third-order valence-corrected chi connectivity index (χ3v) is 3.30. The molecule has 1 aromatic carbocycles. The third kappa shape index (κ3) is 2.70. The average molecular weight is 250 g/mol. The molecule has 0 aromatic heterocycles. The first-order valence-corrected chi connectivity index (χ1v) is 6.28. The molecular weight excluding hydrogens is 228 g/mol. The van der Waals surface area contributed by atoms with E-state index in [0.717, 1.165) is 31.1 Å². The quantitative estimate of drug-likeness (QED) is 0.888. The Balaban J connectivity index is 2.23. The van der Waals surface area contributed by atoms with Gasteiger partial charge in [-0.3, -0.25) is 0 Å². The van der Waals surface area contributed by atoms with Crippen LogP contribution in [-0.4, -0.2) is 39.4 Å². The number of nitrogens with zero attached hydrogens (tertiary/aromatic N) is 1. The molecule has 4 heteroatoms. The Labute approximate surface area is 109 Å². The van der Waals surface area contributed by atoms with Gasteiger partial charge < -0.3 is 19.7 Å². The molecule has 18 heavy (non-hydrogen) atoms. The van der Waals surface area contributed by atoms with Crippen molar-refractivity contribution in [2.75, 3.05) is 38.8 Å². The summed E-state index contributed by atoms with van der Waals surface area (Å²) in [6.07, 6.45) is 0. The Morgan fingerprint density at radius 2 is 1.89 bits per heavy atom. The van der Waals surface area contributed by atoms with E-state index in [9.17, 15) is 0 Å². The fourth-order valence-electron chi connectivity index (χ4n) is 2.38. The highest BCUT2D eigenvalue weighted by Gasteiger charge is 2.26. The Kier molecular flexibility index (Phi) is 3.66. The maximum atomic E-state index is 5.35. The van der Waals surface area contributed by atoms with Crippen LogP contribution in [-0.2, 0) is 0 Å². The highest BCUT2D eigenvalue weighted by molar-refractivity contribution is 5.57. The van der Waals surface area contributed by atoms with Gasteiger partial charge in [0.15, 0.2) is 11.5 Å². The number of anilines is 1. The number of methoxy groups -OCH3 is 2. The van der Waals surface area contributed by atoms with Crippen LogP contribution in [0.1, 0.15) is 13.8 Å². The highest BCUT2D eigenvalue weighted by atomic mass is 16.5. The van der Waals surface area contributed by atoms with E-state index in [1.807, 2.05) is 12.1 Å². The molecule has 1 aromatic rings. The number of nitrogens with one attached hydrogen (secondary N) is 1. The molecule has 4 nitrogen and oxygen atoms in total. The van der Waals surface area contributed by atoms with Crippen molar-refractivity contribution >= 4 is 5.69 Å². The molecule has 0 atom stereocenters. The van der Waals surface area contributed by atoms with E-state index in [0.29, 0.717) is 0 Å². The maximum absolute atomic E-state index is 5.35. The normalized spacial score (nSPS) is 18.6. The second-order valence-corrected chi connectivity index (χ2v) is 5.27.